The van der Waals surface area contributed by atoms with Crippen molar-refractivity contribution in [1.82, 2.24) is 25.5 Å². The van der Waals surface area contributed by atoms with Crippen molar-refractivity contribution in [1.29, 1.82) is 0 Å². The van der Waals surface area contributed by atoms with Crippen molar-refractivity contribution in [3.8, 4) is 11.4 Å². The Hall–Kier alpha value is -3.03. The Morgan fingerprint density at radius 2 is 1.73 bits per heavy atom. The maximum absolute atomic E-state index is 12.5. The van der Waals surface area contributed by atoms with Crippen LogP contribution in [0.4, 0.5) is 0 Å². The first-order valence-electron chi connectivity index (χ1n) is 10.8. The molecule has 3 heterocycles. The number of aromatic nitrogens is 4. The highest BCUT2D eigenvalue weighted by molar-refractivity contribution is 7.98. The molecule has 0 aliphatic carbocycles. The van der Waals surface area contributed by atoms with Gasteiger partial charge in [-0.15, -0.1) is 16.9 Å². The highest BCUT2D eigenvalue weighted by Crippen LogP contribution is 2.26. The molecule has 4 aromatic rings. The molecule has 4 rings (SSSR count). The van der Waals surface area contributed by atoms with Gasteiger partial charge in [0.25, 0.3) is 5.91 Å². The number of hydrogen-bond acceptors (Lipinski definition) is 6. The molecule has 3 aromatic heterocycles. The summed E-state index contributed by atoms with van der Waals surface area (Å²) in [5.41, 5.74) is 5.17. The first kappa shape index (κ1) is 24.6. The highest BCUT2D eigenvalue weighted by atomic mass is 35.5. The number of fused-ring (bicyclic) bond motifs is 1. The van der Waals surface area contributed by atoms with Crippen LogP contribution in [0.3, 0.4) is 0 Å². The number of carbonyl (C=O) groups excluding carboxylic acids is 1. The van der Waals surface area contributed by atoms with Crippen LogP contribution in [0.5, 0.6) is 0 Å². The maximum Gasteiger partial charge on any atom is 0.251 e. The second-order valence-electron chi connectivity index (χ2n) is 6.84. The number of carbonyl (C=O) groups is 1. The third kappa shape index (κ3) is 6.06. The van der Waals surface area contributed by atoms with E-state index in [-0.39, 0.29) is 12.5 Å². The lowest BCUT2D eigenvalue weighted by atomic mass is 10.2. The van der Waals surface area contributed by atoms with Crippen molar-refractivity contribution in [2.45, 2.75) is 38.6 Å². The smallest absolute Gasteiger partial charge is 0.251 e. The van der Waals surface area contributed by atoms with Crippen molar-refractivity contribution in [3.63, 3.8) is 0 Å². The number of thioether (sulfide) groups is 1. The number of hydrogen-bond donors (Lipinski definition) is 1. The molecule has 1 amide bonds. The zero-order valence-electron chi connectivity index (χ0n) is 19.1. The Bertz CT molecular complexity index is 1260. The summed E-state index contributed by atoms with van der Waals surface area (Å²) in [5, 5.41) is 11.9. The molecule has 0 atom stereocenters. The topological polar surface area (TPSA) is 80.7 Å². The molecule has 8 heteroatoms. The molecule has 0 bridgehead atoms. The standard InChI is InChI=1S/C23H20ClN5OS.C2H6/c1-3-15-5-4-6-18(26-15)19-9-10-20-21(27-19)12-16(28-29-20)13-25-23(30)14-7-8-17(24)22(11-14)31-2;1-2/h4-12H,3,13H2,1-2H3,(H,25,30);1-2H3. The SMILES string of the molecule is CC.CCc1cccc(-c2ccc3nnc(CNC(=O)c4ccc(Cl)c(SC)c4)cc3n2)n1. The van der Waals surface area contributed by atoms with E-state index in [1.165, 1.54) is 11.8 Å². The normalized spacial score (nSPS) is 10.5. The Labute approximate surface area is 203 Å². The lowest BCUT2D eigenvalue weighted by Gasteiger charge is -2.08. The van der Waals surface area contributed by atoms with Gasteiger partial charge in [0.2, 0.25) is 0 Å². The summed E-state index contributed by atoms with van der Waals surface area (Å²) in [7, 11) is 0. The van der Waals surface area contributed by atoms with E-state index in [4.69, 9.17) is 16.6 Å². The number of pyridine rings is 2. The fourth-order valence-corrected chi connectivity index (χ4v) is 3.94. The van der Waals surface area contributed by atoms with Crippen LogP contribution in [0, 0.1) is 0 Å². The number of benzene rings is 1. The molecule has 0 aliphatic heterocycles. The van der Waals surface area contributed by atoms with E-state index in [0.717, 1.165) is 28.4 Å². The zero-order valence-corrected chi connectivity index (χ0v) is 20.7. The van der Waals surface area contributed by atoms with Gasteiger partial charge in [-0.05, 0) is 61.2 Å². The van der Waals surface area contributed by atoms with Gasteiger partial charge in [0.15, 0.2) is 0 Å². The summed E-state index contributed by atoms with van der Waals surface area (Å²) >= 11 is 7.62. The average molecular weight is 480 g/mol. The number of aryl methyl sites for hydroxylation is 1. The van der Waals surface area contributed by atoms with E-state index in [9.17, 15) is 4.79 Å². The summed E-state index contributed by atoms with van der Waals surface area (Å²) < 4.78 is 0. The molecule has 1 aromatic carbocycles. The summed E-state index contributed by atoms with van der Waals surface area (Å²) in [4.78, 5) is 22.7. The van der Waals surface area contributed by atoms with Gasteiger partial charge in [0, 0.05) is 16.2 Å². The number of amides is 1. The zero-order chi connectivity index (χ0) is 23.8. The van der Waals surface area contributed by atoms with Crippen LogP contribution >= 0.6 is 23.4 Å². The van der Waals surface area contributed by atoms with E-state index in [1.54, 1.807) is 18.2 Å². The number of halogens is 1. The predicted molar refractivity (Wildman–Crippen MR) is 136 cm³/mol. The Balaban J connectivity index is 0.00000149. The predicted octanol–water partition coefficient (Wildman–Crippen LogP) is 5.98. The van der Waals surface area contributed by atoms with E-state index in [2.05, 4.69) is 27.4 Å². The quantitative estimate of drug-likeness (QED) is 0.342. The lowest BCUT2D eigenvalue weighted by molar-refractivity contribution is 0.0950. The van der Waals surface area contributed by atoms with Gasteiger partial charge >= 0.3 is 0 Å². The van der Waals surface area contributed by atoms with Gasteiger partial charge in [-0.3, -0.25) is 9.78 Å². The third-order valence-corrected chi connectivity index (χ3v) is 5.99. The Morgan fingerprint density at radius 1 is 0.939 bits per heavy atom. The van der Waals surface area contributed by atoms with Crippen molar-refractivity contribution in [2.24, 2.45) is 0 Å². The van der Waals surface area contributed by atoms with Crippen LogP contribution in [-0.2, 0) is 13.0 Å². The molecule has 0 unspecified atom stereocenters. The maximum atomic E-state index is 12.5. The minimum atomic E-state index is -0.198. The van der Waals surface area contributed by atoms with Gasteiger partial charge in [0.1, 0.15) is 5.52 Å². The largest absolute Gasteiger partial charge is 0.346 e. The fourth-order valence-electron chi connectivity index (χ4n) is 3.09. The molecule has 0 fully saturated rings. The van der Waals surface area contributed by atoms with Crippen LogP contribution < -0.4 is 5.32 Å². The van der Waals surface area contributed by atoms with Crippen molar-refractivity contribution >= 4 is 40.3 Å². The molecule has 0 aliphatic rings. The Morgan fingerprint density at radius 3 is 2.48 bits per heavy atom. The molecule has 0 saturated heterocycles. The molecule has 170 valence electrons. The van der Waals surface area contributed by atoms with Crippen LogP contribution in [0.2, 0.25) is 5.02 Å². The number of rotatable bonds is 6. The summed E-state index contributed by atoms with van der Waals surface area (Å²) in [6.07, 6.45) is 2.78. The summed E-state index contributed by atoms with van der Waals surface area (Å²) in [6, 6.07) is 16.7. The van der Waals surface area contributed by atoms with E-state index in [0.29, 0.717) is 27.3 Å². The van der Waals surface area contributed by atoms with Crippen LogP contribution in [0.1, 0.15) is 42.5 Å². The first-order chi connectivity index (χ1) is 16.1. The summed E-state index contributed by atoms with van der Waals surface area (Å²) in [6.45, 7) is 6.32. The van der Waals surface area contributed by atoms with Crippen LogP contribution in [0.25, 0.3) is 22.4 Å². The summed E-state index contributed by atoms with van der Waals surface area (Å²) in [5.74, 6) is -0.198. The molecule has 0 spiro atoms. The van der Waals surface area contributed by atoms with Crippen LogP contribution in [-0.4, -0.2) is 32.3 Å². The van der Waals surface area contributed by atoms with Gasteiger partial charge in [-0.25, -0.2) is 4.98 Å². The Kier molecular flexibility index (Phi) is 8.74. The monoisotopic (exact) mass is 479 g/mol. The van der Waals surface area contributed by atoms with Crippen LogP contribution in [0.15, 0.2) is 59.5 Å². The fraction of sp³-hybridized carbons (Fsp3) is 0.240. The molecule has 33 heavy (non-hydrogen) atoms. The molecule has 1 N–H and O–H groups in total. The van der Waals surface area contributed by atoms with Crippen molar-refractivity contribution in [3.05, 3.63) is 76.6 Å². The number of nitrogens with zero attached hydrogens (tertiary/aromatic N) is 4. The average Bonchev–Trinajstić information content (AvgIpc) is 2.88. The second-order valence-corrected chi connectivity index (χ2v) is 8.09. The second kappa shape index (κ2) is 11.7. The molecule has 6 nitrogen and oxygen atoms in total. The lowest BCUT2D eigenvalue weighted by Crippen LogP contribution is -2.23. The molecule has 0 saturated carbocycles. The molecular weight excluding hydrogens is 454 g/mol. The van der Waals surface area contributed by atoms with Gasteiger partial charge in [-0.1, -0.05) is 38.4 Å². The van der Waals surface area contributed by atoms with Crippen molar-refractivity contribution in [2.75, 3.05) is 6.26 Å². The van der Waals surface area contributed by atoms with E-state index in [1.807, 2.05) is 56.5 Å². The minimum absolute atomic E-state index is 0.198. The first-order valence-corrected chi connectivity index (χ1v) is 12.4. The van der Waals surface area contributed by atoms with Crippen molar-refractivity contribution < 1.29 is 4.79 Å². The molecule has 0 radical (unpaired) electrons. The minimum Gasteiger partial charge on any atom is -0.346 e. The van der Waals surface area contributed by atoms with Gasteiger partial charge in [0.05, 0.1) is 34.2 Å². The number of nitrogens with one attached hydrogen (secondary N) is 1. The van der Waals surface area contributed by atoms with Gasteiger partial charge < -0.3 is 5.32 Å². The van der Waals surface area contributed by atoms with Gasteiger partial charge in [-0.2, -0.15) is 5.10 Å². The molecular formula is C25H26ClN5OS. The third-order valence-electron chi connectivity index (χ3n) is 4.77. The van der Waals surface area contributed by atoms with E-state index >= 15 is 0 Å². The van der Waals surface area contributed by atoms with E-state index < -0.39 is 0 Å². The highest BCUT2D eigenvalue weighted by Gasteiger charge is 2.10.